The lowest BCUT2D eigenvalue weighted by atomic mass is 10.0. The van der Waals surface area contributed by atoms with Gasteiger partial charge in [0.15, 0.2) is 0 Å². The van der Waals surface area contributed by atoms with E-state index in [1.165, 1.54) is 5.56 Å². The van der Waals surface area contributed by atoms with Crippen LogP contribution in [-0.4, -0.2) is 6.61 Å². The fourth-order valence-electron chi connectivity index (χ4n) is 1.89. The predicted molar refractivity (Wildman–Crippen MR) is 57.3 cm³/mol. The summed E-state index contributed by atoms with van der Waals surface area (Å²) < 4.78 is 5.45. The van der Waals surface area contributed by atoms with Crippen LogP contribution in [0.25, 0.3) is 0 Å². The van der Waals surface area contributed by atoms with Crippen molar-refractivity contribution in [2.75, 3.05) is 6.61 Å². The van der Waals surface area contributed by atoms with Crippen molar-refractivity contribution in [1.29, 1.82) is 0 Å². The standard InChI is InChI=1S/C12H17NO/c1-3-14-11-6-4-5-10(7-11)12(13)8-9(12)2/h4-7,9H,3,8,13H2,1-2H3. The Bertz CT molecular complexity index is 337. The van der Waals surface area contributed by atoms with Crippen LogP contribution in [0.2, 0.25) is 0 Å². The van der Waals surface area contributed by atoms with Gasteiger partial charge in [0.1, 0.15) is 5.75 Å². The highest BCUT2D eigenvalue weighted by Crippen LogP contribution is 2.49. The topological polar surface area (TPSA) is 35.2 Å². The van der Waals surface area contributed by atoms with E-state index in [-0.39, 0.29) is 5.54 Å². The van der Waals surface area contributed by atoms with E-state index in [4.69, 9.17) is 10.5 Å². The maximum absolute atomic E-state index is 6.22. The van der Waals surface area contributed by atoms with Crippen LogP contribution in [0, 0.1) is 5.92 Å². The molecule has 0 heterocycles. The summed E-state index contributed by atoms with van der Waals surface area (Å²) in [5.74, 6) is 1.52. The molecule has 76 valence electrons. The van der Waals surface area contributed by atoms with Crippen LogP contribution in [-0.2, 0) is 5.54 Å². The SMILES string of the molecule is CCOc1cccc(C2(N)CC2C)c1. The second-order valence-electron chi connectivity index (χ2n) is 4.11. The van der Waals surface area contributed by atoms with Gasteiger partial charge in [-0.05, 0) is 37.0 Å². The molecule has 0 bridgehead atoms. The van der Waals surface area contributed by atoms with Crippen molar-refractivity contribution in [3.05, 3.63) is 29.8 Å². The third kappa shape index (κ3) is 1.50. The van der Waals surface area contributed by atoms with Gasteiger partial charge in [-0.1, -0.05) is 19.1 Å². The van der Waals surface area contributed by atoms with Crippen molar-refractivity contribution < 1.29 is 4.74 Å². The van der Waals surface area contributed by atoms with E-state index in [0.717, 1.165) is 12.2 Å². The number of hydrogen-bond acceptors (Lipinski definition) is 2. The van der Waals surface area contributed by atoms with Crippen LogP contribution in [0.3, 0.4) is 0 Å². The molecule has 14 heavy (non-hydrogen) atoms. The lowest BCUT2D eigenvalue weighted by Crippen LogP contribution is -2.21. The van der Waals surface area contributed by atoms with E-state index in [0.29, 0.717) is 12.5 Å². The van der Waals surface area contributed by atoms with Crippen LogP contribution < -0.4 is 10.5 Å². The van der Waals surface area contributed by atoms with Crippen molar-refractivity contribution in [3.8, 4) is 5.75 Å². The Morgan fingerprint density at radius 3 is 2.86 bits per heavy atom. The Morgan fingerprint density at radius 2 is 2.29 bits per heavy atom. The van der Waals surface area contributed by atoms with Gasteiger partial charge < -0.3 is 10.5 Å². The zero-order valence-electron chi connectivity index (χ0n) is 8.79. The molecule has 2 atom stereocenters. The molecule has 0 saturated heterocycles. The molecule has 2 nitrogen and oxygen atoms in total. The molecule has 1 aromatic carbocycles. The first kappa shape index (κ1) is 9.53. The zero-order valence-corrected chi connectivity index (χ0v) is 8.79. The molecule has 1 saturated carbocycles. The second kappa shape index (κ2) is 3.28. The number of hydrogen-bond donors (Lipinski definition) is 1. The van der Waals surface area contributed by atoms with Gasteiger partial charge in [0, 0.05) is 5.54 Å². The average molecular weight is 191 g/mol. The van der Waals surface area contributed by atoms with E-state index in [9.17, 15) is 0 Å². The van der Waals surface area contributed by atoms with Crippen LogP contribution in [0.1, 0.15) is 25.8 Å². The minimum absolute atomic E-state index is 0.0902. The summed E-state index contributed by atoms with van der Waals surface area (Å²) in [6, 6.07) is 8.14. The smallest absolute Gasteiger partial charge is 0.119 e. The summed E-state index contributed by atoms with van der Waals surface area (Å²) in [7, 11) is 0. The third-order valence-electron chi connectivity index (χ3n) is 3.05. The van der Waals surface area contributed by atoms with E-state index >= 15 is 0 Å². The van der Waals surface area contributed by atoms with Gasteiger partial charge in [-0.15, -0.1) is 0 Å². The summed E-state index contributed by atoms with van der Waals surface area (Å²) in [4.78, 5) is 0. The first-order valence-corrected chi connectivity index (χ1v) is 5.19. The Kier molecular flexibility index (Phi) is 2.23. The molecule has 2 unspecified atom stereocenters. The Morgan fingerprint density at radius 1 is 1.57 bits per heavy atom. The van der Waals surface area contributed by atoms with Gasteiger partial charge in [0.05, 0.1) is 6.61 Å². The van der Waals surface area contributed by atoms with Crippen molar-refractivity contribution in [2.45, 2.75) is 25.8 Å². The minimum Gasteiger partial charge on any atom is -0.494 e. The first-order valence-electron chi connectivity index (χ1n) is 5.19. The maximum Gasteiger partial charge on any atom is 0.119 e. The number of ether oxygens (including phenoxy) is 1. The molecule has 2 heteroatoms. The van der Waals surface area contributed by atoms with E-state index in [1.807, 2.05) is 19.1 Å². The van der Waals surface area contributed by atoms with Crippen LogP contribution >= 0.6 is 0 Å². The van der Waals surface area contributed by atoms with Gasteiger partial charge in [-0.3, -0.25) is 0 Å². The van der Waals surface area contributed by atoms with Gasteiger partial charge in [0.25, 0.3) is 0 Å². The Labute approximate surface area is 85.1 Å². The van der Waals surface area contributed by atoms with E-state index in [2.05, 4.69) is 19.1 Å². The Balaban J connectivity index is 2.23. The lowest BCUT2D eigenvalue weighted by Gasteiger charge is -2.12. The average Bonchev–Trinajstić information content (AvgIpc) is 2.77. The fraction of sp³-hybridized carbons (Fsp3) is 0.500. The maximum atomic E-state index is 6.22. The zero-order chi connectivity index (χ0) is 10.2. The van der Waals surface area contributed by atoms with Gasteiger partial charge in [-0.2, -0.15) is 0 Å². The largest absolute Gasteiger partial charge is 0.494 e. The molecule has 1 aliphatic rings. The molecule has 1 fully saturated rings. The monoisotopic (exact) mass is 191 g/mol. The highest BCUT2D eigenvalue weighted by atomic mass is 16.5. The quantitative estimate of drug-likeness (QED) is 0.795. The fourth-order valence-corrected chi connectivity index (χ4v) is 1.89. The normalized spacial score (nSPS) is 30.1. The van der Waals surface area contributed by atoms with Gasteiger partial charge >= 0.3 is 0 Å². The molecule has 1 aromatic rings. The summed E-state index contributed by atoms with van der Waals surface area (Å²) in [5.41, 5.74) is 7.34. The highest BCUT2D eigenvalue weighted by Gasteiger charge is 2.48. The molecule has 2 N–H and O–H groups in total. The molecule has 0 amide bonds. The van der Waals surface area contributed by atoms with Crippen LogP contribution in [0.15, 0.2) is 24.3 Å². The van der Waals surface area contributed by atoms with E-state index < -0.39 is 0 Å². The number of rotatable bonds is 3. The van der Waals surface area contributed by atoms with Crippen molar-refractivity contribution >= 4 is 0 Å². The molecule has 0 aromatic heterocycles. The van der Waals surface area contributed by atoms with E-state index in [1.54, 1.807) is 0 Å². The third-order valence-corrected chi connectivity index (χ3v) is 3.05. The van der Waals surface area contributed by atoms with Crippen LogP contribution in [0.5, 0.6) is 5.75 Å². The summed E-state index contributed by atoms with van der Waals surface area (Å²) in [5, 5.41) is 0. The van der Waals surface area contributed by atoms with Gasteiger partial charge in [-0.25, -0.2) is 0 Å². The number of benzene rings is 1. The highest BCUT2D eigenvalue weighted by molar-refractivity contribution is 5.37. The van der Waals surface area contributed by atoms with Crippen molar-refractivity contribution in [3.63, 3.8) is 0 Å². The second-order valence-corrected chi connectivity index (χ2v) is 4.11. The first-order chi connectivity index (χ1) is 6.66. The lowest BCUT2D eigenvalue weighted by molar-refractivity contribution is 0.339. The molecular formula is C12H17NO. The minimum atomic E-state index is -0.0902. The summed E-state index contributed by atoms with van der Waals surface area (Å²) >= 11 is 0. The molecular weight excluding hydrogens is 174 g/mol. The summed E-state index contributed by atoms with van der Waals surface area (Å²) in [6.07, 6.45) is 1.09. The van der Waals surface area contributed by atoms with Crippen LogP contribution in [0.4, 0.5) is 0 Å². The Hall–Kier alpha value is -1.02. The predicted octanol–water partition coefficient (Wildman–Crippen LogP) is 2.28. The molecule has 0 radical (unpaired) electrons. The van der Waals surface area contributed by atoms with Gasteiger partial charge in [0.2, 0.25) is 0 Å². The number of nitrogens with two attached hydrogens (primary N) is 1. The molecule has 1 aliphatic carbocycles. The molecule has 2 rings (SSSR count). The summed E-state index contributed by atoms with van der Waals surface area (Å²) in [6.45, 7) is 4.88. The van der Waals surface area contributed by atoms with Crippen molar-refractivity contribution in [2.24, 2.45) is 11.7 Å². The molecule has 0 spiro atoms. The van der Waals surface area contributed by atoms with Crippen molar-refractivity contribution in [1.82, 2.24) is 0 Å². The molecule has 0 aliphatic heterocycles.